The van der Waals surface area contributed by atoms with Crippen molar-refractivity contribution in [2.45, 2.75) is 12.5 Å². The zero-order valence-electron chi connectivity index (χ0n) is 13.0. The summed E-state index contributed by atoms with van der Waals surface area (Å²) in [7, 11) is 1.63. The number of benzene rings is 2. The highest BCUT2D eigenvalue weighted by Crippen LogP contribution is 2.29. The van der Waals surface area contributed by atoms with Gasteiger partial charge >= 0.3 is 0 Å². The lowest BCUT2D eigenvalue weighted by atomic mass is 10.0. The van der Waals surface area contributed by atoms with Crippen molar-refractivity contribution in [3.05, 3.63) is 58.6 Å². The second-order valence-corrected chi connectivity index (χ2v) is 6.32. The maximum Gasteiger partial charge on any atom is 0.244 e. The average Bonchev–Trinajstić information content (AvgIpc) is 2.58. The first-order valence-corrected chi connectivity index (χ1v) is 8.41. The van der Waals surface area contributed by atoms with Crippen LogP contribution in [0.5, 0.6) is 5.75 Å². The number of piperazine rings is 1. The molecule has 1 aliphatic rings. The van der Waals surface area contributed by atoms with E-state index < -0.39 is 0 Å². The molecule has 0 radical (unpaired) electrons. The van der Waals surface area contributed by atoms with Crippen LogP contribution >= 0.6 is 15.9 Å². The highest BCUT2D eigenvalue weighted by Gasteiger charge is 2.31. The van der Waals surface area contributed by atoms with Crippen LogP contribution in [0.1, 0.15) is 5.56 Å². The van der Waals surface area contributed by atoms with Crippen LogP contribution in [0, 0.1) is 0 Å². The molecule has 0 aromatic heterocycles. The van der Waals surface area contributed by atoms with E-state index >= 15 is 0 Å². The average molecular weight is 375 g/mol. The molecule has 1 amide bonds. The molecule has 1 unspecified atom stereocenters. The Morgan fingerprint density at radius 1 is 1.22 bits per heavy atom. The first kappa shape index (κ1) is 16.0. The van der Waals surface area contributed by atoms with Crippen molar-refractivity contribution < 1.29 is 9.53 Å². The van der Waals surface area contributed by atoms with E-state index in [0.29, 0.717) is 13.0 Å². The molecule has 1 atom stereocenters. The molecule has 1 saturated heterocycles. The minimum atomic E-state index is -0.229. The van der Waals surface area contributed by atoms with Gasteiger partial charge in [-0.05, 0) is 30.2 Å². The number of nitrogens with one attached hydrogen (secondary N) is 1. The topological polar surface area (TPSA) is 41.6 Å². The van der Waals surface area contributed by atoms with Gasteiger partial charge in [0.2, 0.25) is 5.91 Å². The van der Waals surface area contributed by atoms with Gasteiger partial charge in [0.15, 0.2) is 0 Å². The Kier molecular flexibility index (Phi) is 4.98. The second kappa shape index (κ2) is 7.15. The predicted octanol–water partition coefficient (Wildman–Crippen LogP) is 3.01. The van der Waals surface area contributed by atoms with Gasteiger partial charge in [-0.2, -0.15) is 0 Å². The van der Waals surface area contributed by atoms with Crippen molar-refractivity contribution in [1.29, 1.82) is 0 Å². The van der Waals surface area contributed by atoms with Gasteiger partial charge in [0, 0.05) is 17.6 Å². The Morgan fingerprint density at radius 2 is 1.96 bits per heavy atom. The molecule has 4 nitrogen and oxygen atoms in total. The summed E-state index contributed by atoms with van der Waals surface area (Å²) in [5.74, 6) is 0.805. The number of ether oxygens (including phenoxy) is 1. The van der Waals surface area contributed by atoms with E-state index in [2.05, 4.69) is 21.2 Å². The van der Waals surface area contributed by atoms with Crippen LogP contribution in [0.4, 0.5) is 5.69 Å². The van der Waals surface area contributed by atoms with Crippen molar-refractivity contribution in [1.82, 2.24) is 5.32 Å². The fourth-order valence-electron chi connectivity index (χ4n) is 2.87. The van der Waals surface area contributed by atoms with Crippen LogP contribution < -0.4 is 15.0 Å². The van der Waals surface area contributed by atoms with Crippen LogP contribution in [0.15, 0.2) is 53.0 Å². The Bertz CT molecular complexity index is 705. The van der Waals surface area contributed by atoms with Gasteiger partial charge in [0.25, 0.3) is 0 Å². The molecule has 0 aliphatic carbocycles. The van der Waals surface area contributed by atoms with E-state index in [4.69, 9.17) is 4.74 Å². The third kappa shape index (κ3) is 3.41. The van der Waals surface area contributed by atoms with Crippen LogP contribution in [0.3, 0.4) is 0 Å². The lowest BCUT2D eigenvalue weighted by Gasteiger charge is -2.34. The van der Waals surface area contributed by atoms with E-state index in [1.165, 1.54) is 0 Å². The number of hydrogen-bond donors (Lipinski definition) is 1. The summed E-state index contributed by atoms with van der Waals surface area (Å²) in [5, 5.41) is 3.33. The molecule has 5 heteroatoms. The highest BCUT2D eigenvalue weighted by atomic mass is 79.9. The van der Waals surface area contributed by atoms with Gasteiger partial charge in [-0.3, -0.25) is 4.79 Å². The molecule has 23 heavy (non-hydrogen) atoms. The van der Waals surface area contributed by atoms with Gasteiger partial charge in [-0.15, -0.1) is 0 Å². The lowest BCUT2D eigenvalue weighted by Crippen LogP contribution is -2.56. The summed E-state index contributed by atoms with van der Waals surface area (Å²) >= 11 is 3.55. The molecule has 3 rings (SSSR count). The molecule has 1 N–H and O–H groups in total. The van der Waals surface area contributed by atoms with Gasteiger partial charge < -0.3 is 15.0 Å². The number of carbonyl (C=O) groups is 1. The monoisotopic (exact) mass is 374 g/mol. The highest BCUT2D eigenvalue weighted by molar-refractivity contribution is 9.10. The number of carbonyl (C=O) groups excluding carboxylic acids is 1. The van der Waals surface area contributed by atoms with Crippen molar-refractivity contribution in [2.24, 2.45) is 0 Å². The minimum Gasteiger partial charge on any atom is -0.495 e. The van der Waals surface area contributed by atoms with E-state index in [1.54, 1.807) is 7.11 Å². The number of rotatable bonds is 4. The number of nitrogens with zero attached hydrogens (tertiary/aromatic N) is 1. The summed E-state index contributed by atoms with van der Waals surface area (Å²) in [6.07, 6.45) is 0.659. The standard InChI is InChI=1S/C18H19BrN2O2/c1-23-17-9-5-4-8-16(17)21-11-10-20-15(18(21)22)12-13-6-2-3-7-14(13)19/h2-9,15,20H,10-12H2,1H3. The Balaban J connectivity index is 1.83. The largest absolute Gasteiger partial charge is 0.495 e. The number of hydrogen-bond acceptors (Lipinski definition) is 3. The van der Waals surface area contributed by atoms with Gasteiger partial charge in [0.05, 0.1) is 18.8 Å². The van der Waals surface area contributed by atoms with Crippen LogP contribution in [-0.2, 0) is 11.2 Å². The molecule has 2 aromatic rings. The van der Waals surface area contributed by atoms with Crippen molar-refractivity contribution in [3.63, 3.8) is 0 Å². The minimum absolute atomic E-state index is 0.0801. The number of methoxy groups -OCH3 is 1. The van der Waals surface area contributed by atoms with Crippen molar-refractivity contribution >= 4 is 27.5 Å². The van der Waals surface area contributed by atoms with E-state index in [-0.39, 0.29) is 11.9 Å². The molecule has 0 bridgehead atoms. The molecular formula is C18H19BrN2O2. The Hall–Kier alpha value is -1.85. The Morgan fingerprint density at radius 3 is 2.74 bits per heavy atom. The fourth-order valence-corrected chi connectivity index (χ4v) is 3.32. The van der Waals surface area contributed by atoms with Crippen molar-refractivity contribution in [2.75, 3.05) is 25.1 Å². The fraction of sp³-hybridized carbons (Fsp3) is 0.278. The third-order valence-electron chi connectivity index (χ3n) is 4.05. The normalized spacial score (nSPS) is 18.1. The molecule has 120 valence electrons. The number of halogens is 1. The SMILES string of the molecule is COc1ccccc1N1CCNC(Cc2ccccc2Br)C1=O. The second-order valence-electron chi connectivity index (χ2n) is 5.46. The zero-order chi connectivity index (χ0) is 16.2. The maximum absolute atomic E-state index is 12.9. The number of amides is 1. The molecular weight excluding hydrogens is 356 g/mol. The van der Waals surface area contributed by atoms with Gasteiger partial charge in [-0.25, -0.2) is 0 Å². The quantitative estimate of drug-likeness (QED) is 0.894. The van der Waals surface area contributed by atoms with E-state index in [9.17, 15) is 4.79 Å². The summed E-state index contributed by atoms with van der Waals surface area (Å²) < 4.78 is 6.43. The van der Waals surface area contributed by atoms with Gasteiger partial charge in [-0.1, -0.05) is 46.3 Å². The third-order valence-corrected chi connectivity index (χ3v) is 4.82. The number of anilines is 1. The molecule has 0 spiro atoms. The Labute approximate surface area is 144 Å². The summed E-state index contributed by atoms with van der Waals surface area (Å²) in [6.45, 7) is 1.41. The molecule has 1 fully saturated rings. The summed E-state index contributed by atoms with van der Waals surface area (Å²) in [6, 6.07) is 15.4. The van der Waals surface area contributed by atoms with Crippen LogP contribution in [0.25, 0.3) is 0 Å². The molecule has 1 aliphatic heterocycles. The lowest BCUT2D eigenvalue weighted by molar-refractivity contribution is -0.121. The van der Waals surface area contributed by atoms with Crippen molar-refractivity contribution in [3.8, 4) is 5.75 Å². The van der Waals surface area contributed by atoms with E-state index in [0.717, 1.165) is 28.0 Å². The number of para-hydroxylation sites is 2. The van der Waals surface area contributed by atoms with Crippen LogP contribution in [-0.4, -0.2) is 32.1 Å². The molecule has 1 heterocycles. The first-order valence-electron chi connectivity index (χ1n) is 7.62. The molecule has 0 saturated carbocycles. The van der Waals surface area contributed by atoms with E-state index in [1.807, 2.05) is 53.4 Å². The first-order chi connectivity index (χ1) is 11.2. The summed E-state index contributed by atoms with van der Waals surface area (Å²) in [4.78, 5) is 14.7. The maximum atomic E-state index is 12.9. The smallest absolute Gasteiger partial charge is 0.244 e. The molecule has 2 aromatic carbocycles. The van der Waals surface area contributed by atoms with Crippen LogP contribution in [0.2, 0.25) is 0 Å². The predicted molar refractivity (Wildman–Crippen MR) is 95.0 cm³/mol. The van der Waals surface area contributed by atoms with Gasteiger partial charge in [0.1, 0.15) is 5.75 Å². The summed E-state index contributed by atoms with van der Waals surface area (Å²) in [5.41, 5.74) is 1.96. The zero-order valence-corrected chi connectivity index (χ0v) is 14.5.